The smallest absolute Gasteiger partial charge is 0.287 e. The Balaban J connectivity index is 1.28. The molecule has 0 unspecified atom stereocenters. The molecule has 1 spiro atoms. The second-order valence-corrected chi connectivity index (χ2v) is 10.1. The summed E-state index contributed by atoms with van der Waals surface area (Å²) in [5, 5.41) is 7.39. The van der Waals surface area contributed by atoms with Gasteiger partial charge in [-0.3, -0.25) is 19.2 Å². The van der Waals surface area contributed by atoms with E-state index in [2.05, 4.69) is 10.6 Å². The first-order valence-corrected chi connectivity index (χ1v) is 12.4. The Labute approximate surface area is 202 Å². The number of likely N-dealkylation sites (tertiary alicyclic amines) is 2. The molecule has 2 aromatic heterocycles. The van der Waals surface area contributed by atoms with Gasteiger partial charge >= 0.3 is 0 Å². The van der Waals surface area contributed by atoms with Crippen molar-refractivity contribution in [2.24, 2.45) is 5.41 Å². The highest BCUT2D eigenvalue weighted by molar-refractivity contribution is 7.09. The van der Waals surface area contributed by atoms with Crippen LogP contribution in [0.4, 0.5) is 0 Å². The summed E-state index contributed by atoms with van der Waals surface area (Å²) < 4.78 is 5.04. The third kappa shape index (κ3) is 5.67. The average molecular weight is 487 g/mol. The molecule has 9 nitrogen and oxygen atoms in total. The van der Waals surface area contributed by atoms with Crippen LogP contribution >= 0.6 is 11.3 Å². The van der Waals surface area contributed by atoms with Crippen molar-refractivity contribution in [3.8, 4) is 0 Å². The van der Waals surface area contributed by atoms with Crippen molar-refractivity contribution in [1.82, 2.24) is 20.4 Å². The van der Waals surface area contributed by atoms with Gasteiger partial charge in [0.25, 0.3) is 5.91 Å². The molecule has 0 aromatic carbocycles. The Morgan fingerprint density at radius 3 is 2.44 bits per heavy atom. The zero-order valence-electron chi connectivity index (χ0n) is 19.2. The van der Waals surface area contributed by atoms with Crippen LogP contribution < -0.4 is 10.6 Å². The van der Waals surface area contributed by atoms with E-state index in [4.69, 9.17) is 4.42 Å². The number of carbonyl (C=O) groups is 4. The van der Waals surface area contributed by atoms with Crippen LogP contribution in [-0.4, -0.2) is 72.2 Å². The van der Waals surface area contributed by atoms with E-state index in [1.54, 1.807) is 28.4 Å². The van der Waals surface area contributed by atoms with E-state index < -0.39 is 11.9 Å². The number of piperidine rings is 1. The Morgan fingerprint density at radius 1 is 1.09 bits per heavy atom. The lowest BCUT2D eigenvalue weighted by Gasteiger charge is -2.39. The molecule has 0 radical (unpaired) electrons. The Hall–Kier alpha value is -3.14. The summed E-state index contributed by atoms with van der Waals surface area (Å²) in [6.45, 7) is 3.86. The summed E-state index contributed by atoms with van der Waals surface area (Å²) in [5.74, 6) is -0.609. The molecule has 0 bridgehead atoms. The van der Waals surface area contributed by atoms with Crippen molar-refractivity contribution in [3.05, 3.63) is 46.5 Å². The van der Waals surface area contributed by atoms with Crippen LogP contribution in [0.2, 0.25) is 0 Å². The average Bonchev–Trinajstić information content (AvgIpc) is 3.59. The minimum Gasteiger partial charge on any atom is -0.459 e. The standard InChI is InChI=1S/C24H30N4O5S/c1-17(29)26-19(14-18-4-3-13-34-18)23(32)28-11-8-24(16-28)6-9-27(10-7-24)21(30)15-25-22(31)20-5-2-12-33-20/h2-5,12-13,19H,6-11,14-16H2,1H3,(H,25,31)(H,26,29)/t19-/m0/s1. The number of rotatable bonds is 7. The van der Waals surface area contributed by atoms with Gasteiger partial charge in [-0.15, -0.1) is 11.3 Å². The molecular weight excluding hydrogens is 456 g/mol. The number of hydrogen-bond donors (Lipinski definition) is 2. The fourth-order valence-electron chi connectivity index (χ4n) is 4.82. The topological polar surface area (TPSA) is 112 Å². The minimum absolute atomic E-state index is 0.00639. The predicted molar refractivity (Wildman–Crippen MR) is 126 cm³/mol. The van der Waals surface area contributed by atoms with E-state index in [1.807, 2.05) is 22.4 Å². The van der Waals surface area contributed by atoms with E-state index in [9.17, 15) is 19.2 Å². The van der Waals surface area contributed by atoms with Gasteiger partial charge in [0.15, 0.2) is 5.76 Å². The van der Waals surface area contributed by atoms with Crippen LogP contribution in [0.15, 0.2) is 40.3 Å². The number of carbonyl (C=O) groups excluding carboxylic acids is 4. The molecule has 4 amide bonds. The van der Waals surface area contributed by atoms with E-state index in [0.717, 1.165) is 24.1 Å². The lowest BCUT2D eigenvalue weighted by molar-refractivity contribution is -0.136. The van der Waals surface area contributed by atoms with E-state index in [0.29, 0.717) is 32.6 Å². The van der Waals surface area contributed by atoms with E-state index in [-0.39, 0.29) is 35.4 Å². The van der Waals surface area contributed by atoms with Gasteiger partial charge in [-0.1, -0.05) is 6.07 Å². The molecule has 2 aromatic rings. The van der Waals surface area contributed by atoms with Crippen molar-refractivity contribution in [3.63, 3.8) is 0 Å². The van der Waals surface area contributed by atoms with Gasteiger partial charge in [-0.05, 0) is 48.3 Å². The van der Waals surface area contributed by atoms with Crippen molar-refractivity contribution in [2.75, 3.05) is 32.7 Å². The maximum atomic E-state index is 13.3. The van der Waals surface area contributed by atoms with Gasteiger partial charge in [0.05, 0.1) is 12.8 Å². The van der Waals surface area contributed by atoms with Gasteiger partial charge in [0.2, 0.25) is 17.7 Å². The molecule has 2 aliphatic rings. The Kier molecular flexibility index (Phi) is 7.35. The minimum atomic E-state index is -0.564. The molecule has 1 atom stereocenters. The fraction of sp³-hybridized carbons (Fsp3) is 0.500. The van der Waals surface area contributed by atoms with Gasteiger partial charge in [0, 0.05) is 44.4 Å². The first kappa shape index (κ1) is 24.0. The quantitative estimate of drug-likeness (QED) is 0.618. The van der Waals surface area contributed by atoms with Crippen LogP contribution in [0.3, 0.4) is 0 Å². The van der Waals surface area contributed by atoms with Crippen LogP contribution in [0.5, 0.6) is 0 Å². The van der Waals surface area contributed by atoms with Crippen LogP contribution in [0.1, 0.15) is 41.6 Å². The van der Waals surface area contributed by atoms with Crippen molar-refractivity contribution < 1.29 is 23.6 Å². The SMILES string of the molecule is CC(=O)N[C@@H](Cc1cccs1)C(=O)N1CCC2(CCN(C(=O)CNC(=O)c3ccco3)CC2)C1. The molecule has 10 heteroatoms. The maximum Gasteiger partial charge on any atom is 0.287 e. The van der Waals surface area contributed by atoms with Gasteiger partial charge < -0.3 is 24.9 Å². The highest BCUT2D eigenvalue weighted by atomic mass is 32.1. The maximum absolute atomic E-state index is 13.3. The number of nitrogens with zero attached hydrogens (tertiary/aromatic N) is 2. The van der Waals surface area contributed by atoms with E-state index in [1.165, 1.54) is 13.2 Å². The van der Waals surface area contributed by atoms with Crippen LogP contribution in [-0.2, 0) is 20.8 Å². The zero-order chi connectivity index (χ0) is 24.1. The van der Waals surface area contributed by atoms with Gasteiger partial charge in [0.1, 0.15) is 6.04 Å². The third-order valence-corrected chi connectivity index (χ3v) is 7.63. The molecule has 0 aliphatic carbocycles. The Morgan fingerprint density at radius 2 is 1.82 bits per heavy atom. The molecule has 34 heavy (non-hydrogen) atoms. The summed E-state index contributed by atoms with van der Waals surface area (Å²) in [6, 6.07) is 6.52. The van der Waals surface area contributed by atoms with Crippen molar-refractivity contribution >= 4 is 35.0 Å². The molecule has 2 fully saturated rings. The number of thiophene rings is 1. The predicted octanol–water partition coefficient (Wildman–Crippen LogP) is 1.66. The lowest BCUT2D eigenvalue weighted by atomic mass is 9.77. The highest BCUT2D eigenvalue weighted by Gasteiger charge is 2.43. The molecule has 2 aliphatic heterocycles. The number of amides is 4. The first-order chi connectivity index (χ1) is 16.3. The zero-order valence-corrected chi connectivity index (χ0v) is 20.1. The monoisotopic (exact) mass is 486 g/mol. The first-order valence-electron chi connectivity index (χ1n) is 11.5. The number of hydrogen-bond acceptors (Lipinski definition) is 6. The summed E-state index contributed by atoms with van der Waals surface area (Å²) >= 11 is 1.58. The Bertz CT molecular complexity index is 1010. The highest BCUT2D eigenvalue weighted by Crippen LogP contribution is 2.40. The van der Waals surface area contributed by atoms with Crippen molar-refractivity contribution in [1.29, 1.82) is 0 Å². The molecule has 2 N–H and O–H groups in total. The second kappa shape index (κ2) is 10.4. The number of furan rings is 1. The normalized spacial score (nSPS) is 18.0. The summed E-state index contributed by atoms with van der Waals surface area (Å²) in [7, 11) is 0. The molecule has 0 saturated carbocycles. The molecule has 182 valence electrons. The van der Waals surface area contributed by atoms with Gasteiger partial charge in [-0.25, -0.2) is 0 Å². The fourth-order valence-corrected chi connectivity index (χ4v) is 5.57. The van der Waals surface area contributed by atoms with Crippen LogP contribution in [0, 0.1) is 5.41 Å². The van der Waals surface area contributed by atoms with E-state index >= 15 is 0 Å². The van der Waals surface area contributed by atoms with Crippen LogP contribution in [0.25, 0.3) is 0 Å². The third-order valence-electron chi connectivity index (χ3n) is 6.73. The summed E-state index contributed by atoms with van der Waals surface area (Å²) in [6.07, 6.45) is 4.42. The lowest BCUT2D eigenvalue weighted by Crippen LogP contribution is -2.50. The molecular formula is C24H30N4O5S. The number of nitrogens with one attached hydrogen (secondary N) is 2. The largest absolute Gasteiger partial charge is 0.459 e. The molecule has 4 rings (SSSR count). The van der Waals surface area contributed by atoms with Crippen molar-refractivity contribution in [2.45, 2.75) is 38.6 Å². The summed E-state index contributed by atoms with van der Waals surface area (Å²) in [4.78, 5) is 54.2. The summed E-state index contributed by atoms with van der Waals surface area (Å²) in [5.41, 5.74) is -0.00639. The molecule has 2 saturated heterocycles. The molecule has 4 heterocycles. The van der Waals surface area contributed by atoms with Gasteiger partial charge in [-0.2, -0.15) is 0 Å². The second-order valence-electron chi connectivity index (χ2n) is 9.09.